The van der Waals surface area contributed by atoms with Gasteiger partial charge in [0.1, 0.15) is 18.1 Å². The van der Waals surface area contributed by atoms with E-state index in [1.807, 2.05) is 60.9 Å². The van der Waals surface area contributed by atoms with Gasteiger partial charge in [0.2, 0.25) is 5.89 Å². The average Bonchev–Trinajstić information content (AvgIpc) is 3.45. The Morgan fingerprint density at radius 2 is 1.88 bits per heavy atom. The molecule has 0 saturated carbocycles. The van der Waals surface area contributed by atoms with Gasteiger partial charge in [0, 0.05) is 11.4 Å². The molecule has 0 aliphatic carbocycles. The molecule has 32 heavy (non-hydrogen) atoms. The first-order valence-electron chi connectivity index (χ1n) is 9.99. The van der Waals surface area contributed by atoms with Gasteiger partial charge in [0.05, 0.1) is 18.6 Å². The highest BCUT2D eigenvalue weighted by atomic mass is 35.5. The zero-order valence-corrected chi connectivity index (χ0v) is 19.5. The SMILES string of the molecule is CCc1noc(CSc2nnc(COc3ccc(OC)cc3)n2-c2ccc(C)c(Cl)c2)n1. The smallest absolute Gasteiger partial charge is 0.237 e. The summed E-state index contributed by atoms with van der Waals surface area (Å²) in [5.74, 6) is 3.81. The van der Waals surface area contributed by atoms with Crippen LogP contribution in [-0.4, -0.2) is 32.0 Å². The Kier molecular flexibility index (Phi) is 6.96. The normalized spacial score (nSPS) is 11.0. The predicted octanol–water partition coefficient (Wildman–Crippen LogP) is 5.05. The van der Waals surface area contributed by atoms with Crippen molar-refractivity contribution in [3.63, 3.8) is 0 Å². The van der Waals surface area contributed by atoms with E-state index in [1.165, 1.54) is 11.8 Å². The Morgan fingerprint density at radius 1 is 1.09 bits per heavy atom. The molecule has 0 atom stereocenters. The molecule has 2 heterocycles. The molecule has 0 bridgehead atoms. The first kappa shape index (κ1) is 22.2. The number of nitrogens with zero attached hydrogens (tertiary/aromatic N) is 5. The third-order valence-corrected chi connectivity index (χ3v) is 6.01. The van der Waals surface area contributed by atoms with Crippen molar-refractivity contribution in [2.75, 3.05) is 7.11 Å². The fourth-order valence-corrected chi connectivity index (χ4v) is 3.89. The molecule has 2 aromatic heterocycles. The number of rotatable bonds is 9. The second kappa shape index (κ2) is 10.1. The molecule has 0 radical (unpaired) electrons. The maximum atomic E-state index is 6.39. The van der Waals surface area contributed by atoms with Crippen LogP contribution in [0.3, 0.4) is 0 Å². The summed E-state index contributed by atoms with van der Waals surface area (Å²) in [6.07, 6.45) is 0.721. The number of hydrogen-bond acceptors (Lipinski definition) is 8. The predicted molar refractivity (Wildman–Crippen MR) is 122 cm³/mol. The minimum atomic E-state index is 0.228. The van der Waals surface area contributed by atoms with Gasteiger partial charge in [-0.1, -0.05) is 41.5 Å². The first-order chi connectivity index (χ1) is 15.6. The summed E-state index contributed by atoms with van der Waals surface area (Å²) >= 11 is 7.85. The maximum Gasteiger partial charge on any atom is 0.237 e. The number of aryl methyl sites for hydroxylation is 2. The van der Waals surface area contributed by atoms with Crippen LogP contribution in [0, 0.1) is 6.92 Å². The van der Waals surface area contributed by atoms with Crippen molar-refractivity contribution in [1.29, 1.82) is 0 Å². The van der Waals surface area contributed by atoms with Gasteiger partial charge in [-0.3, -0.25) is 4.57 Å². The molecule has 4 aromatic rings. The molecule has 166 valence electrons. The van der Waals surface area contributed by atoms with Gasteiger partial charge in [-0.05, 0) is 48.9 Å². The summed E-state index contributed by atoms with van der Waals surface area (Å²) in [6.45, 7) is 4.17. The van der Waals surface area contributed by atoms with Gasteiger partial charge in [0.15, 0.2) is 16.8 Å². The van der Waals surface area contributed by atoms with Crippen LogP contribution in [0.1, 0.15) is 30.0 Å². The molecule has 0 unspecified atom stereocenters. The van der Waals surface area contributed by atoms with Crippen LogP contribution in [0.5, 0.6) is 11.5 Å². The Hall–Kier alpha value is -3.04. The summed E-state index contributed by atoms with van der Waals surface area (Å²) in [5.41, 5.74) is 1.84. The van der Waals surface area contributed by atoms with E-state index in [0.717, 1.165) is 23.4 Å². The van der Waals surface area contributed by atoms with Crippen LogP contribution >= 0.6 is 23.4 Å². The molecule has 2 aromatic carbocycles. The number of methoxy groups -OCH3 is 1. The van der Waals surface area contributed by atoms with Crippen LogP contribution in [0.2, 0.25) is 5.02 Å². The topological polar surface area (TPSA) is 88.1 Å². The summed E-state index contributed by atoms with van der Waals surface area (Å²) in [7, 11) is 1.63. The monoisotopic (exact) mass is 471 g/mol. The highest BCUT2D eigenvalue weighted by Gasteiger charge is 2.17. The molecule has 0 aliphatic heterocycles. The largest absolute Gasteiger partial charge is 0.497 e. The van der Waals surface area contributed by atoms with Crippen LogP contribution < -0.4 is 9.47 Å². The Bertz CT molecular complexity index is 1190. The van der Waals surface area contributed by atoms with Gasteiger partial charge < -0.3 is 14.0 Å². The number of hydrogen-bond donors (Lipinski definition) is 0. The van der Waals surface area contributed by atoms with E-state index in [9.17, 15) is 0 Å². The first-order valence-corrected chi connectivity index (χ1v) is 11.4. The number of ether oxygens (including phenoxy) is 2. The number of halogens is 1. The lowest BCUT2D eigenvalue weighted by Gasteiger charge is -2.12. The van der Waals surface area contributed by atoms with Crippen LogP contribution in [0.15, 0.2) is 52.1 Å². The van der Waals surface area contributed by atoms with Gasteiger partial charge >= 0.3 is 0 Å². The number of benzene rings is 2. The standard InChI is InChI=1S/C22H22ClN5O3S/c1-4-19-24-21(31-27-19)13-32-22-26-25-20(12-30-17-9-7-16(29-3)8-10-17)28(22)15-6-5-14(2)18(23)11-15/h5-11H,4,12-13H2,1-3H3. The lowest BCUT2D eigenvalue weighted by molar-refractivity contribution is 0.292. The van der Waals surface area contributed by atoms with Crippen molar-refractivity contribution in [3.8, 4) is 17.2 Å². The lowest BCUT2D eigenvalue weighted by Crippen LogP contribution is -2.07. The second-order valence-corrected chi connectivity index (χ2v) is 8.23. The Morgan fingerprint density at radius 3 is 2.56 bits per heavy atom. The molecule has 0 aliphatic rings. The van der Waals surface area contributed by atoms with Gasteiger partial charge in [-0.15, -0.1) is 10.2 Å². The summed E-state index contributed by atoms with van der Waals surface area (Å²) < 4.78 is 18.4. The van der Waals surface area contributed by atoms with Crippen molar-refractivity contribution in [3.05, 3.63) is 70.6 Å². The van der Waals surface area contributed by atoms with E-state index in [2.05, 4.69) is 20.3 Å². The zero-order chi connectivity index (χ0) is 22.5. The fourth-order valence-electron chi connectivity index (χ4n) is 2.91. The van der Waals surface area contributed by atoms with E-state index < -0.39 is 0 Å². The zero-order valence-electron chi connectivity index (χ0n) is 17.9. The van der Waals surface area contributed by atoms with E-state index >= 15 is 0 Å². The minimum Gasteiger partial charge on any atom is -0.497 e. The molecule has 4 rings (SSSR count). The van der Waals surface area contributed by atoms with Crippen molar-refractivity contribution in [2.45, 2.75) is 37.8 Å². The molecule has 10 heteroatoms. The molecule has 0 amide bonds. The Labute approximate surface area is 194 Å². The Balaban J connectivity index is 1.59. The maximum absolute atomic E-state index is 6.39. The van der Waals surface area contributed by atoms with Crippen LogP contribution in [0.25, 0.3) is 5.69 Å². The minimum absolute atomic E-state index is 0.228. The van der Waals surface area contributed by atoms with E-state index in [0.29, 0.717) is 39.2 Å². The summed E-state index contributed by atoms with van der Waals surface area (Å²) in [5, 5.41) is 14.0. The third-order valence-electron chi connectivity index (χ3n) is 4.69. The molecular formula is C22H22ClN5O3S. The average molecular weight is 472 g/mol. The van der Waals surface area contributed by atoms with E-state index in [4.69, 9.17) is 25.6 Å². The highest BCUT2D eigenvalue weighted by Crippen LogP contribution is 2.28. The number of thioether (sulfide) groups is 1. The third kappa shape index (κ3) is 5.05. The summed E-state index contributed by atoms with van der Waals surface area (Å²) in [4.78, 5) is 4.36. The molecule has 0 saturated heterocycles. The van der Waals surface area contributed by atoms with E-state index in [-0.39, 0.29) is 6.61 Å². The van der Waals surface area contributed by atoms with Crippen LogP contribution in [-0.2, 0) is 18.8 Å². The van der Waals surface area contributed by atoms with Crippen molar-refractivity contribution in [1.82, 2.24) is 24.9 Å². The second-order valence-electron chi connectivity index (χ2n) is 6.88. The van der Waals surface area contributed by atoms with Crippen molar-refractivity contribution >= 4 is 23.4 Å². The van der Waals surface area contributed by atoms with Crippen molar-refractivity contribution < 1.29 is 14.0 Å². The van der Waals surface area contributed by atoms with Crippen LogP contribution in [0.4, 0.5) is 0 Å². The summed E-state index contributed by atoms with van der Waals surface area (Å²) in [6, 6.07) is 13.2. The molecule has 8 nitrogen and oxygen atoms in total. The van der Waals surface area contributed by atoms with Gasteiger partial charge in [-0.25, -0.2) is 0 Å². The molecule has 0 fully saturated rings. The van der Waals surface area contributed by atoms with E-state index in [1.54, 1.807) is 7.11 Å². The molecule has 0 spiro atoms. The lowest BCUT2D eigenvalue weighted by atomic mass is 10.2. The quantitative estimate of drug-likeness (QED) is 0.313. The fraction of sp³-hybridized carbons (Fsp3) is 0.273. The highest BCUT2D eigenvalue weighted by molar-refractivity contribution is 7.98. The molecular weight excluding hydrogens is 450 g/mol. The molecule has 0 N–H and O–H groups in total. The van der Waals surface area contributed by atoms with Gasteiger partial charge in [-0.2, -0.15) is 4.98 Å². The number of aromatic nitrogens is 5. The van der Waals surface area contributed by atoms with Gasteiger partial charge in [0.25, 0.3) is 0 Å². The van der Waals surface area contributed by atoms with Crippen molar-refractivity contribution in [2.24, 2.45) is 0 Å².